The van der Waals surface area contributed by atoms with Gasteiger partial charge in [0.05, 0.1) is 6.17 Å². The largest absolute Gasteiger partial charge is 0.294 e. The van der Waals surface area contributed by atoms with E-state index in [2.05, 4.69) is 37.7 Å². The third-order valence-corrected chi connectivity index (χ3v) is 2.52. The molecule has 0 N–H and O–H groups in total. The van der Waals surface area contributed by atoms with Crippen LogP contribution in [0.25, 0.3) is 0 Å². The maximum atomic E-state index is 2.60. The Morgan fingerprint density at radius 1 is 1.38 bits per heavy atom. The second kappa shape index (κ2) is 5.61. The molecule has 0 saturated carbocycles. The van der Waals surface area contributed by atoms with Gasteiger partial charge in [0.25, 0.3) is 0 Å². The van der Waals surface area contributed by atoms with Crippen molar-refractivity contribution < 1.29 is 0 Å². The van der Waals surface area contributed by atoms with Crippen molar-refractivity contribution in [2.75, 3.05) is 27.2 Å². The molecule has 0 amide bonds. The average molecular weight is 186 g/mol. The summed E-state index contributed by atoms with van der Waals surface area (Å²) in [6.07, 6.45) is 3.42. The molecule has 1 atom stereocenters. The van der Waals surface area contributed by atoms with Crippen LogP contribution in [0.5, 0.6) is 0 Å². The van der Waals surface area contributed by atoms with Crippen LogP contribution in [0.15, 0.2) is 0 Å². The van der Waals surface area contributed by atoms with Crippen LogP contribution in [-0.4, -0.2) is 43.2 Å². The first-order valence-corrected chi connectivity index (χ1v) is 5.01. The monoisotopic (exact) mass is 186 g/mol. The summed E-state index contributed by atoms with van der Waals surface area (Å²) in [4.78, 5) is 4.94. The van der Waals surface area contributed by atoms with Gasteiger partial charge in [-0.05, 0) is 39.4 Å². The number of rotatable bonds is 3. The van der Waals surface area contributed by atoms with Crippen molar-refractivity contribution in [3.8, 4) is 0 Å². The lowest BCUT2D eigenvalue weighted by Crippen LogP contribution is -2.41. The Labute approximate surface area is 83.9 Å². The number of likely N-dealkylation sites (tertiary alicyclic amines) is 1. The van der Waals surface area contributed by atoms with Gasteiger partial charge < -0.3 is 0 Å². The summed E-state index contributed by atoms with van der Waals surface area (Å²) in [7, 11) is 4.37. The molecule has 0 spiro atoms. The Kier molecular flexibility index (Phi) is 5.57. The molecule has 80 valence electrons. The Balaban J connectivity index is 0.00000144. The summed E-state index contributed by atoms with van der Waals surface area (Å²) in [5.41, 5.74) is 0. The zero-order valence-corrected chi connectivity index (χ0v) is 8.88. The predicted octanol–water partition coefficient (Wildman–Crippen LogP) is 2.26. The molecule has 1 heterocycles. The maximum absolute atomic E-state index is 2.60. The van der Waals surface area contributed by atoms with Gasteiger partial charge in [-0.1, -0.05) is 21.3 Å². The van der Waals surface area contributed by atoms with E-state index in [1.807, 2.05) is 0 Å². The lowest BCUT2D eigenvalue weighted by molar-refractivity contribution is 0.109. The molecule has 0 bridgehead atoms. The summed E-state index contributed by atoms with van der Waals surface area (Å²) in [6, 6.07) is 0. The highest BCUT2D eigenvalue weighted by atomic mass is 15.3. The van der Waals surface area contributed by atoms with Crippen LogP contribution in [0, 0.1) is 5.92 Å². The van der Waals surface area contributed by atoms with E-state index >= 15 is 0 Å². The predicted molar refractivity (Wildman–Crippen MR) is 59.9 cm³/mol. The molecule has 0 radical (unpaired) electrons. The molecule has 0 aromatic carbocycles. The molecule has 0 aromatic rings. The summed E-state index contributed by atoms with van der Waals surface area (Å²) < 4.78 is 0. The summed E-state index contributed by atoms with van der Waals surface area (Å²) >= 11 is 0. The van der Waals surface area contributed by atoms with Gasteiger partial charge in [0, 0.05) is 6.54 Å². The van der Waals surface area contributed by atoms with E-state index in [9.17, 15) is 0 Å². The Morgan fingerprint density at radius 3 is 2.46 bits per heavy atom. The lowest BCUT2D eigenvalue weighted by Gasteiger charge is -2.30. The number of nitrogens with zero attached hydrogens (tertiary/aromatic N) is 2. The van der Waals surface area contributed by atoms with Crippen LogP contribution < -0.4 is 0 Å². The fourth-order valence-electron chi connectivity index (χ4n) is 2.08. The lowest BCUT2D eigenvalue weighted by atomic mass is 10.2. The molecule has 1 rings (SSSR count). The van der Waals surface area contributed by atoms with Crippen molar-refractivity contribution in [1.82, 2.24) is 9.80 Å². The van der Waals surface area contributed by atoms with Crippen molar-refractivity contribution in [3.63, 3.8) is 0 Å². The van der Waals surface area contributed by atoms with E-state index in [1.165, 1.54) is 25.9 Å². The molecule has 1 saturated heterocycles. The van der Waals surface area contributed by atoms with Crippen molar-refractivity contribution in [2.24, 2.45) is 5.92 Å². The molecule has 1 aliphatic heterocycles. The first kappa shape index (κ1) is 12.9. The standard InChI is InChI=1S/C10H22N2.CH4/c1-9(2)8-12-7-5-6-10(12)11(3)4;/h9-10H,5-8H2,1-4H3;1H4. The summed E-state index contributed by atoms with van der Waals surface area (Å²) in [5, 5.41) is 0. The smallest absolute Gasteiger partial charge is 0.0617 e. The number of hydrogen-bond acceptors (Lipinski definition) is 2. The summed E-state index contributed by atoms with van der Waals surface area (Å²) in [5.74, 6) is 0.797. The second-order valence-electron chi connectivity index (χ2n) is 4.48. The fraction of sp³-hybridized carbons (Fsp3) is 1.00. The van der Waals surface area contributed by atoms with Crippen LogP contribution in [0.1, 0.15) is 34.1 Å². The van der Waals surface area contributed by atoms with Gasteiger partial charge in [0.1, 0.15) is 0 Å². The topological polar surface area (TPSA) is 6.48 Å². The highest BCUT2D eigenvalue weighted by Crippen LogP contribution is 2.19. The molecular weight excluding hydrogens is 160 g/mol. The van der Waals surface area contributed by atoms with E-state index in [1.54, 1.807) is 0 Å². The first-order valence-electron chi connectivity index (χ1n) is 5.01. The zero-order chi connectivity index (χ0) is 9.14. The van der Waals surface area contributed by atoms with Crippen LogP contribution >= 0.6 is 0 Å². The highest BCUT2D eigenvalue weighted by Gasteiger charge is 2.25. The van der Waals surface area contributed by atoms with Gasteiger partial charge >= 0.3 is 0 Å². The highest BCUT2D eigenvalue weighted by molar-refractivity contribution is 4.77. The quantitative estimate of drug-likeness (QED) is 0.667. The SMILES string of the molecule is C.CC(C)CN1CCCC1N(C)C. The molecule has 1 fully saturated rings. The minimum atomic E-state index is 0. The molecule has 0 aliphatic carbocycles. The van der Waals surface area contributed by atoms with Crippen LogP contribution in [-0.2, 0) is 0 Å². The second-order valence-corrected chi connectivity index (χ2v) is 4.48. The summed E-state index contributed by atoms with van der Waals surface area (Å²) in [6.45, 7) is 7.14. The Bertz CT molecular complexity index is 132. The molecule has 2 heteroatoms. The van der Waals surface area contributed by atoms with Gasteiger partial charge in [-0.3, -0.25) is 9.80 Å². The molecule has 1 aliphatic rings. The minimum Gasteiger partial charge on any atom is -0.294 e. The molecular formula is C11H26N2. The van der Waals surface area contributed by atoms with Crippen LogP contribution in [0.3, 0.4) is 0 Å². The van der Waals surface area contributed by atoms with Crippen LogP contribution in [0.2, 0.25) is 0 Å². The van der Waals surface area contributed by atoms with E-state index in [-0.39, 0.29) is 7.43 Å². The minimum absolute atomic E-state index is 0. The van der Waals surface area contributed by atoms with E-state index < -0.39 is 0 Å². The van der Waals surface area contributed by atoms with Gasteiger partial charge in [-0.15, -0.1) is 0 Å². The maximum Gasteiger partial charge on any atom is 0.0617 e. The van der Waals surface area contributed by atoms with E-state index in [0.717, 1.165) is 5.92 Å². The van der Waals surface area contributed by atoms with E-state index in [4.69, 9.17) is 0 Å². The normalized spacial score (nSPS) is 24.0. The first-order chi connectivity index (χ1) is 5.61. The van der Waals surface area contributed by atoms with Crippen LogP contribution in [0.4, 0.5) is 0 Å². The van der Waals surface area contributed by atoms with Gasteiger partial charge in [-0.2, -0.15) is 0 Å². The molecule has 1 unspecified atom stereocenters. The van der Waals surface area contributed by atoms with Crippen molar-refractivity contribution in [3.05, 3.63) is 0 Å². The van der Waals surface area contributed by atoms with Crippen molar-refractivity contribution in [2.45, 2.75) is 40.3 Å². The molecule has 0 aromatic heterocycles. The number of hydrogen-bond donors (Lipinski definition) is 0. The molecule has 13 heavy (non-hydrogen) atoms. The van der Waals surface area contributed by atoms with E-state index in [0.29, 0.717) is 6.17 Å². The fourth-order valence-corrected chi connectivity index (χ4v) is 2.08. The van der Waals surface area contributed by atoms with Gasteiger partial charge in [-0.25, -0.2) is 0 Å². The van der Waals surface area contributed by atoms with Crippen molar-refractivity contribution in [1.29, 1.82) is 0 Å². The Hall–Kier alpha value is -0.0800. The van der Waals surface area contributed by atoms with Crippen molar-refractivity contribution >= 4 is 0 Å². The zero-order valence-electron chi connectivity index (χ0n) is 8.88. The van der Waals surface area contributed by atoms with Gasteiger partial charge in [0.15, 0.2) is 0 Å². The van der Waals surface area contributed by atoms with Gasteiger partial charge in [0.2, 0.25) is 0 Å². The molecule has 2 nitrogen and oxygen atoms in total. The third kappa shape index (κ3) is 3.65. The average Bonchev–Trinajstić information content (AvgIpc) is 2.33. The Morgan fingerprint density at radius 2 is 2.00 bits per heavy atom. The third-order valence-electron chi connectivity index (χ3n) is 2.52.